The van der Waals surface area contributed by atoms with Crippen molar-refractivity contribution in [3.63, 3.8) is 0 Å². The summed E-state index contributed by atoms with van der Waals surface area (Å²) < 4.78 is 0. The standard InChI is InChI=1S/C16H23N5/c1-11-13(6-9-19-16(3,4)5)12(2)21-15(20-11)14-7-8-17-10-18-14/h7-8,10,19H,6,9H2,1-5H3. The fourth-order valence-electron chi connectivity index (χ4n) is 2.20. The molecule has 0 atom stereocenters. The average Bonchev–Trinajstić information content (AvgIpc) is 2.41. The first kappa shape index (κ1) is 15.5. The van der Waals surface area contributed by atoms with Crippen molar-refractivity contribution < 1.29 is 0 Å². The van der Waals surface area contributed by atoms with Gasteiger partial charge in [0.05, 0.1) is 0 Å². The smallest absolute Gasteiger partial charge is 0.178 e. The van der Waals surface area contributed by atoms with Crippen LogP contribution in [0.15, 0.2) is 18.6 Å². The molecular weight excluding hydrogens is 262 g/mol. The van der Waals surface area contributed by atoms with Crippen molar-refractivity contribution in [3.8, 4) is 11.5 Å². The zero-order chi connectivity index (χ0) is 15.5. The third-order valence-corrected chi connectivity index (χ3v) is 3.26. The van der Waals surface area contributed by atoms with Gasteiger partial charge >= 0.3 is 0 Å². The molecule has 0 unspecified atom stereocenters. The molecule has 2 aromatic heterocycles. The van der Waals surface area contributed by atoms with Gasteiger partial charge in [0.25, 0.3) is 0 Å². The summed E-state index contributed by atoms with van der Waals surface area (Å²) in [6, 6.07) is 1.83. The van der Waals surface area contributed by atoms with E-state index in [9.17, 15) is 0 Å². The highest BCUT2D eigenvalue weighted by Gasteiger charge is 2.12. The Hall–Kier alpha value is -1.88. The predicted molar refractivity (Wildman–Crippen MR) is 84.0 cm³/mol. The van der Waals surface area contributed by atoms with Gasteiger partial charge in [-0.15, -0.1) is 0 Å². The lowest BCUT2D eigenvalue weighted by Crippen LogP contribution is -2.37. The van der Waals surface area contributed by atoms with Crippen LogP contribution in [0.1, 0.15) is 37.7 Å². The Morgan fingerprint density at radius 1 is 1.10 bits per heavy atom. The van der Waals surface area contributed by atoms with Crippen molar-refractivity contribution >= 4 is 0 Å². The molecule has 2 rings (SSSR count). The Labute approximate surface area is 126 Å². The second-order valence-corrected chi connectivity index (χ2v) is 6.22. The van der Waals surface area contributed by atoms with Crippen LogP contribution >= 0.6 is 0 Å². The van der Waals surface area contributed by atoms with E-state index in [2.05, 4.69) is 46.0 Å². The molecule has 0 aliphatic rings. The van der Waals surface area contributed by atoms with E-state index >= 15 is 0 Å². The van der Waals surface area contributed by atoms with Crippen LogP contribution in [0.2, 0.25) is 0 Å². The monoisotopic (exact) mass is 285 g/mol. The van der Waals surface area contributed by atoms with E-state index in [1.165, 1.54) is 11.9 Å². The van der Waals surface area contributed by atoms with Crippen LogP contribution in [-0.2, 0) is 6.42 Å². The van der Waals surface area contributed by atoms with Gasteiger partial charge in [-0.3, -0.25) is 0 Å². The highest BCUT2D eigenvalue weighted by Crippen LogP contribution is 2.17. The lowest BCUT2D eigenvalue weighted by atomic mass is 10.1. The van der Waals surface area contributed by atoms with Gasteiger partial charge in [-0.25, -0.2) is 19.9 Å². The van der Waals surface area contributed by atoms with Crippen LogP contribution in [0.5, 0.6) is 0 Å². The van der Waals surface area contributed by atoms with E-state index in [-0.39, 0.29) is 5.54 Å². The highest BCUT2D eigenvalue weighted by atomic mass is 15.0. The van der Waals surface area contributed by atoms with Gasteiger partial charge < -0.3 is 5.32 Å². The first-order chi connectivity index (χ1) is 9.87. The van der Waals surface area contributed by atoms with E-state index in [0.29, 0.717) is 5.82 Å². The number of rotatable bonds is 4. The lowest BCUT2D eigenvalue weighted by molar-refractivity contribution is 0.429. The molecule has 0 aromatic carbocycles. The van der Waals surface area contributed by atoms with Crippen molar-refractivity contribution in [2.45, 2.75) is 46.6 Å². The summed E-state index contributed by atoms with van der Waals surface area (Å²) >= 11 is 0. The number of nitrogens with one attached hydrogen (secondary N) is 1. The van der Waals surface area contributed by atoms with Crippen molar-refractivity contribution in [2.75, 3.05) is 6.54 Å². The Morgan fingerprint density at radius 3 is 2.29 bits per heavy atom. The van der Waals surface area contributed by atoms with E-state index < -0.39 is 0 Å². The Bertz CT molecular complexity index is 579. The maximum Gasteiger partial charge on any atom is 0.178 e. The third-order valence-electron chi connectivity index (χ3n) is 3.26. The summed E-state index contributed by atoms with van der Waals surface area (Å²) in [5, 5.41) is 3.49. The Kier molecular flexibility index (Phi) is 4.63. The number of nitrogens with zero attached hydrogens (tertiary/aromatic N) is 4. The third kappa shape index (κ3) is 4.29. The van der Waals surface area contributed by atoms with Crippen molar-refractivity contribution in [2.24, 2.45) is 0 Å². The maximum atomic E-state index is 4.59. The highest BCUT2D eigenvalue weighted by molar-refractivity contribution is 5.49. The molecule has 0 amide bonds. The minimum absolute atomic E-state index is 0.129. The summed E-state index contributed by atoms with van der Waals surface area (Å²) in [7, 11) is 0. The molecule has 5 heteroatoms. The van der Waals surface area contributed by atoms with Crippen LogP contribution in [-0.4, -0.2) is 32.0 Å². The molecule has 0 bridgehead atoms. The van der Waals surface area contributed by atoms with Gasteiger partial charge in [-0.2, -0.15) is 0 Å². The quantitative estimate of drug-likeness (QED) is 0.935. The largest absolute Gasteiger partial charge is 0.312 e. The van der Waals surface area contributed by atoms with Crippen LogP contribution in [0.3, 0.4) is 0 Å². The fraction of sp³-hybridized carbons (Fsp3) is 0.500. The second-order valence-electron chi connectivity index (χ2n) is 6.22. The van der Waals surface area contributed by atoms with Crippen molar-refractivity contribution in [1.82, 2.24) is 25.3 Å². The minimum atomic E-state index is 0.129. The molecule has 0 aliphatic heterocycles. The minimum Gasteiger partial charge on any atom is -0.312 e. The average molecular weight is 285 g/mol. The van der Waals surface area contributed by atoms with Gasteiger partial charge in [-0.05, 0) is 59.2 Å². The number of hydrogen-bond donors (Lipinski definition) is 1. The van der Waals surface area contributed by atoms with E-state index in [4.69, 9.17) is 0 Å². The van der Waals surface area contributed by atoms with Crippen molar-refractivity contribution in [3.05, 3.63) is 35.5 Å². The summed E-state index contributed by atoms with van der Waals surface area (Å²) in [5.74, 6) is 0.667. The van der Waals surface area contributed by atoms with E-state index in [0.717, 1.165) is 30.0 Å². The molecule has 2 heterocycles. The summed E-state index contributed by atoms with van der Waals surface area (Å²) in [6.45, 7) is 11.5. The van der Waals surface area contributed by atoms with E-state index in [1.54, 1.807) is 6.20 Å². The zero-order valence-corrected chi connectivity index (χ0v) is 13.4. The molecule has 2 aromatic rings. The molecule has 5 nitrogen and oxygen atoms in total. The molecule has 0 radical (unpaired) electrons. The van der Waals surface area contributed by atoms with Gasteiger partial charge in [-0.1, -0.05) is 0 Å². The normalized spacial score (nSPS) is 11.7. The number of aryl methyl sites for hydroxylation is 2. The van der Waals surface area contributed by atoms with Gasteiger partial charge in [0.15, 0.2) is 5.82 Å². The van der Waals surface area contributed by atoms with Crippen LogP contribution in [0.4, 0.5) is 0 Å². The summed E-state index contributed by atoms with van der Waals surface area (Å²) in [5.41, 5.74) is 4.14. The number of aromatic nitrogens is 4. The predicted octanol–water partition coefficient (Wildman–Crippen LogP) is 2.48. The lowest BCUT2D eigenvalue weighted by Gasteiger charge is -2.21. The molecule has 1 N–H and O–H groups in total. The van der Waals surface area contributed by atoms with Gasteiger partial charge in [0, 0.05) is 23.1 Å². The maximum absolute atomic E-state index is 4.59. The summed E-state index contributed by atoms with van der Waals surface area (Å²) in [6.07, 6.45) is 4.15. The van der Waals surface area contributed by atoms with Crippen LogP contribution < -0.4 is 5.32 Å². The molecule has 0 saturated heterocycles. The molecule has 21 heavy (non-hydrogen) atoms. The Morgan fingerprint density at radius 2 is 1.76 bits per heavy atom. The molecule has 0 fully saturated rings. The second kappa shape index (κ2) is 6.26. The van der Waals surface area contributed by atoms with Gasteiger partial charge in [0.2, 0.25) is 0 Å². The van der Waals surface area contributed by atoms with Crippen LogP contribution in [0, 0.1) is 13.8 Å². The van der Waals surface area contributed by atoms with E-state index in [1.807, 2.05) is 19.9 Å². The topological polar surface area (TPSA) is 63.6 Å². The molecular formula is C16H23N5. The first-order valence-electron chi connectivity index (χ1n) is 7.22. The fourth-order valence-corrected chi connectivity index (χ4v) is 2.20. The SMILES string of the molecule is Cc1nc(-c2ccncn2)nc(C)c1CCNC(C)(C)C. The first-order valence-corrected chi connectivity index (χ1v) is 7.22. The molecule has 0 saturated carbocycles. The van der Waals surface area contributed by atoms with Gasteiger partial charge in [0.1, 0.15) is 12.0 Å². The zero-order valence-electron chi connectivity index (χ0n) is 13.4. The molecule has 0 aliphatic carbocycles. The van der Waals surface area contributed by atoms with Crippen molar-refractivity contribution in [1.29, 1.82) is 0 Å². The summed E-state index contributed by atoms with van der Waals surface area (Å²) in [4.78, 5) is 17.3. The Balaban J connectivity index is 2.18. The molecule has 0 spiro atoms. The number of hydrogen-bond acceptors (Lipinski definition) is 5. The van der Waals surface area contributed by atoms with Crippen LogP contribution in [0.25, 0.3) is 11.5 Å². The molecule has 112 valence electrons.